The second-order valence-electron chi connectivity index (χ2n) is 8.76. The Hall–Kier alpha value is -3.30. The number of carbonyl (C=O) groups is 4. The van der Waals surface area contributed by atoms with E-state index in [0.29, 0.717) is 56.8 Å². The fraction of sp³-hybridized carbons (Fsp3) is 0.565. The molecule has 10 heteroatoms. The first kappa shape index (κ1) is 22.9. The van der Waals surface area contributed by atoms with Crippen molar-refractivity contribution in [3.05, 3.63) is 23.3 Å². The van der Waals surface area contributed by atoms with Gasteiger partial charge in [-0.05, 0) is 42.5 Å². The van der Waals surface area contributed by atoms with Crippen LogP contribution in [0.4, 0.5) is 4.79 Å². The Kier molecular flexibility index (Phi) is 6.44. The van der Waals surface area contributed by atoms with Crippen molar-refractivity contribution >= 4 is 23.8 Å². The molecule has 10 nitrogen and oxygen atoms in total. The van der Waals surface area contributed by atoms with Crippen LogP contribution in [-0.4, -0.2) is 78.3 Å². The van der Waals surface area contributed by atoms with Crippen molar-refractivity contribution in [1.29, 1.82) is 0 Å². The first-order valence-electron chi connectivity index (χ1n) is 11.3. The van der Waals surface area contributed by atoms with Crippen LogP contribution in [0.1, 0.15) is 36.8 Å². The molecule has 33 heavy (non-hydrogen) atoms. The van der Waals surface area contributed by atoms with E-state index in [2.05, 4.69) is 0 Å². The number of ether oxygens (including phenoxy) is 2. The highest BCUT2D eigenvalue weighted by Crippen LogP contribution is 2.37. The van der Waals surface area contributed by atoms with Crippen LogP contribution >= 0.6 is 0 Å². The third-order valence-electron chi connectivity index (χ3n) is 6.89. The highest BCUT2D eigenvalue weighted by molar-refractivity contribution is 6.04. The van der Waals surface area contributed by atoms with E-state index in [1.165, 1.54) is 4.90 Å². The normalized spacial score (nSPS) is 20.5. The molecule has 178 valence electrons. The van der Waals surface area contributed by atoms with Gasteiger partial charge in [0.15, 0.2) is 11.5 Å². The molecule has 0 spiro atoms. The van der Waals surface area contributed by atoms with E-state index in [1.54, 1.807) is 24.0 Å². The second-order valence-corrected chi connectivity index (χ2v) is 8.76. The predicted molar refractivity (Wildman–Crippen MR) is 117 cm³/mol. The number of piperidine rings is 1. The SMILES string of the molecule is COc1cc2c(cc1OC)CN1C(=O)N(CCCC(=O)N3CCC(C(N)=O)CC3)C(=O)[C@H]1C2. The largest absolute Gasteiger partial charge is 0.493 e. The van der Waals surface area contributed by atoms with Gasteiger partial charge in [-0.3, -0.25) is 19.3 Å². The van der Waals surface area contributed by atoms with Crippen molar-refractivity contribution in [1.82, 2.24) is 14.7 Å². The number of likely N-dealkylation sites (tertiary alicyclic amines) is 1. The van der Waals surface area contributed by atoms with Gasteiger partial charge < -0.3 is 25.0 Å². The van der Waals surface area contributed by atoms with Crippen LogP contribution in [0.25, 0.3) is 0 Å². The number of amides is 5. The monoisotopic (exact) mass is 458 g/mol. The van der Waals surface area contributed by atoms with Gasteiger partial charge in [0.1, 0.15) is 6.04 Å². The number of primary amides is 1. The van der Waals surface area contributed by atoms with E-state index in [1.807, 2.05) is 12.1 Å². The molecule has 1 atom stereocenters. The minimum atomic E-state index is -0.536. The van der Waals surface area contributed by atoms with Crippen LogP contribution in [0.15, 0.2) is 12.1 Å². The summed E-state index contributed by atoms with van der Waals surface area (Å²) in [7, 11) is 3.12. The lowest BCUT2D eigenvalue weighted by atomic mass is 9.94. The molecule has 2 fully saturated rings. The summed E-state index contributed by atoms with van der Waals surface area (Å²) in [5.74, 6) is 0.440. The van der Waals surface area contributed by atoms with E-state index in [-0.39, 0.29) is 42.6 Å². The number of nitrogens with zero attached hydrogens (tertiary/aromatic N) is 3. The van der Waals surface area contributed by atoms with Crippen molar-refractivity contribution in [3.63, 3.8) is 0 Å². The maximum atomic E-state index is 13.0. The molecular formula is C23H30N4O6. The summed E-state index contributed by atoms with van der Waals surface area (Å²) in [4.78, 5) is 54.3. The second kappa shape index (κ2) is 9.29. The molecule has 3 heterocycles. The van der Waals surface area contributed by atoms with Gasteiger partial charge in [0, 0.05) is 44.9 Å². The van der Waals surface area contributed by atoms with Crippen molar-refractivity contribution in [3.8, 4) is 11.5 Å². The molecule has 0 aliphatic carbocycles. The molecule has 3 aliphatic heterocycles. The average molecular weight is 459 g/mol. The Balaban J connectivity index is 1.34. The molecule has 1 aromatic rings. The van der Waals surface area contributed by atoms with Gasteiger partial charge in [0.2, 0.25) is 11.8 Å². The number of hydrogen-bond donors (Lipinski definition) is 1. The van der Waals surface area contributed by atoms with E-state index in [4.69, 9.17) is 15.2 Å². The third kappa shape index (κ3) is 4.34. The molecule has 1 aromatic carbocycles. The van der Waals surface area contributed by atoms with Crippen LogP contribution in [0.5, 0.6) is 11.5 Å². The Bertz CT molecular complexity index is 921. The number of carbonyl (C=O) groups excluding carboxylic acids is 4. The van der Waals surface area contributed by atoms with Gasteiger partial charge in [-0.2, -0.15) is 0 Å². The minimum absolute atomic E-state index is 0.0265. The van der Waals surface area contributed by atoms with Gasteiger partial charge in [0.25, 0.3) is 5.91 Å². The van der Waals surface area contributed by atoms with Crippen LogP contribution in [0.3, 0.4) is 0 Å². The van der Waals surface area contributed by atoms with Gasteiger partial charge in [0.05, 0.1) is 14.2 Å². The Morgan fingerprint density at radius 1 is 1.06 bits per heavy atom. The van der Waals surface area contributed by atoms with Crippen molar-refractivity contribution in [2.45, 2.75) is 44.7 Å². The maximum Gasteiger partial charge on any atom is 0.327 e. The van der Waals surface area contributed by atoms with Crippen LogP contribution in [-0.2, 0) is 27.3 Å². The van der Waals surface area contributed by atoms with Crippen LogP contribution < -0.4 is 15.2 Å². The standard InChI is InChI=1S/C23H30N4O6/c1-32-18-11-15-10-17-22(30)26(23(31)27(17)13-16(15)12-19(18)33-2)7-3-4-20(28)25-8-5-14(6-9-25)21(24)29/h11-12,14,17H,3-10,13H2,1-2H3,(H2,24,29)/t17-/m1/s1. The fourth-order valence-electron chi connectivity index (χ4n) is 4.93. The molecule has 5 amide bonds. The maximum absolute atomic E-state index is 13.0. The quantitative estimate of drug-likeness (QED) is 0.606. The zero-order valence-corrected chi connectivity index (χ0v) is 19.0. The first-order chi connectivity index (χ1) is 15.8. The van der Waals surface area contributed by atoms with Gasteiger partial charge in [-0.15, -0.1) is 0 Å². The molecule has 0 aromatic heterocycles. The van der Waals surface area contributed by atoms with E-state index in [9.17, 15) is 19.2 Å². The molecule has 2 saturated heterocycles. The van der Waals surface area contributed by atoms with Crippen molar-refractivity contribution in [2.24, 2.45) is 11.7 Å². The highest BCUT2D eigenvalue weighted by atomic mass is 16.5. The molecule has 0 unspecified atom stereocenters. The zero-order chi connectivity index (χ0) is 23.7. The number of urea groups is 1. The predicted octanol–water partition coefficient (Wildman–Crippen LogP) is 0.897. The van der Waals surface area contributed by atoms with Gasteiger partial charge in [-0.1, -0.05) is 0 Å². The average Bonchev–Trinajstić information content (AvgIpc) is 3.05. The van der Waals surface area contributed by atoms with E-state index in [0.717, 1.165) is 11.1 Å². The zero-order valence-electron chi connectivity index (χ0n) is 19.0. The summed E-state index contributed by atoms with van der Waals surface area (Å²) in [6.45, 7) is 1.55. The summed E-state index contributed by atoms with van der Waals surface area (Å²) in [6.07, 6.45) is 2.23. The Morgan fingerprint density at radius 2 is 1.70 bits per heavy atom. The summed E-state index contributed by atoms with van der Waals surface area (Å²) in [5, 5.41) is 0. The lowest BCUT2D eigenvalue weighted by Gasteiger charge is -2.30. The smallest absolute Gasteiger partial charge is 0.327 e. The number of nitrogens with two attached hydrogens (primary N) is 1. The minimum Gasteiger partial charge on any atom is -0.493 e. The lowest BCUT2D eigenvalue weighted by Crippen LogP contribution is -2.42. The topological polar surface area (TPSA) is 122 Å². The van der Waals surface area contributed by atoms with Crippen LogP contribution in [0.2, 0.25) is 0 Å². The number of hydrogen-bond acceptors (Lipinski definition) is 6. The molecule has 0 saturated carbocycles. The molecule has 0 radical (unpaired) electrons. The molecule has 4 rings (SSSR count). The molecule has 0 bridgehead atoms. The van der Waals surface area contributed by atoms with Crippen LogP contribution in [0, 0.1) is 5.92 Å². The summed E-state index contributed by atoms with van der Waals surface area (Å²) >= 11 is 0. The van der Waals surface area contributed by atoms with E-state index < -0.39 is 6.04 Å². The Labute approximate surface area is 192 Å². The Morgan fingerprint density at radius 3 is 2.30 bits per heavy atom. The summed E-state index contributed by atoms with van der Waals surface area (Å²) < 4.78 is 10.7. The highest BCUT2D eigenvalue weighted by Gasteiger charge is 2.47. The third-order valence-corrected chi connectivity index (χ3v) is 6.89. The number of fused-ring (bicyclic) bond motifs is 2. The number of benzene rings is 1. The number of imide groups is 1. The first-order valence-corrected chi connectivity index (χ1v) is 11.3. The number of rotatable bonds is 7. The molecule has 2 N–H and O–H groups in total. The van der Waals surface area contributed by atoms with Gasteiger partial charge >= 0.3 is 6.03 Å². The van der Waals surface area contributed by atoms with Crippen molar-refractivity contribution in [2.75, 3.05) is 33.9 Å². The fourth-order valence-corrected chi connectivity index (χ4v) is 4.93. The summed E-state index contributed by atoms with van der Waals surface area (Å²) in [5.41, 5.74) is 7.24. The lowest BCUT2D eigenvalue weighted by molar-refractivity contribution is -0.135. The molecular weight excluding hydrogens is 428 g/mol. The summed E-state index contributed by atoms with van der Waals surface area (Å²) in [6, 6.07) is 2.86. The molecule has 3 aliphatic rings. The van der Waals surface area contributed by atoms with E-state index >= 15 is 0 Å². The van der Waals surface area contributed by atoms with Gasteiger partial charge in [-0.25, -0.2) is 4.79 Å². The van der Waals surface area contributed by atoms with Crippen molar-refractivity contribution < 1.29 is 28.7 Å². The number of methoxy groups -OCH3 is 2.